The van der Waals surface area contributed by atoms with Crippen LogP contribution in [0.5, 0.6) is 0 Å². The summed E-state index contributed by atoms with van der Waals surface area (Å²) in [6.07, 6.45) is 0.920. The maximum absolute atomic E-state index is 12.8. The van der Waals surface area contributed by atoms with E-state index in [4.69, 9.17) is 16.3 Å². The molecule has 1 aromatic carbocycles. The standard InChI is InChI=1S/C20H28ClN3O3/c1-12-8-13(2)23-20(26)17(12)11-22-19(25)16-9-15(21)10-18(14(16)3)24-4-6-27-7-5-24/h9-10,12-13,17H,4-8,11H2,1-3H3,(H,22,25)(H,23,26). The molecule has 3 unspecified atom stereocenters. The average molecular weight is 394 g/mol. The van der Waals surface area contributed by atoms with Gasteiger partial charge in [0.2, 0.25) is 5.91 Å². The number of nitrogens with zero attached hydrogens (tertiary/aromatic N) is 1. The van der Waals surface area contributed by atoms with Gasteiger partial charge in [-0.3, -0.25) is 9.59 Å². The van der Waals surface area contributed by atoms with Crippen LogP contribution < -0.4 is 15.5 Å². The molecule has 0 aromatic heterocycles. The predicted molar refractivity (Wildman–Crippen MR) is 106 cm³/mol. The Labute approximate surface area is 165 Å². The molecule has 2 aliphatic rings. The fourth-order valence-corrected chi connectivity index (χ4v) is 4.23. The molecular weight excluding hydrogens is 366 g/mol. The molecule has 2 N–H and O–H groups in total. The van der Waals surface area contributed by atoms with Crippen molar-refractivity contribution in [3.05, 3.63) is 28.3 Å². The number of morpholine rings is 1. The summed E-state index contributed by atoms with van der Waals surface area (Å²) in [5, 5.41) is 6.44. The number of ether oxygens (including phenoxy) is 1. The molecule has 1 aromatic rings. The lowest BCUT2D eigenvalue weighted by atomic mass is 9.84. The van der Waals surface area contributed by atoms with E-state index in [0.717, 1.165) is 30.8 Å². The summed E-state index contributed by atoms with van der Waals surface area (Å²) in [6, 6.07) is 3.78. The molecule has 3 atom stereocenters. The van der Waals surface area contributed by atoms with Crippen molar-refractivity contribution in [2.75, 3.05) is 37.7 Å². The zero-order valence-corrected chi connectivity index (χ0v) is 16.9. The van der Waals surface area contributed by atoms with Gasteiger partial charge in [-0.25, -0.2) is 0 Å². The minimum absolute atomic E-state index is 0.0124. The van der Waals surface area contributed by atoms with E-state index < -0.39 is 0 Å². The molecule has 0 spiro atoms. The molecule has 2 aliphatic heterocycles. The summed E-state index contributed by atoms with van der Waals surface area (Å²) >= 11 is 6.29. The highest BCUT2D eigenvalue weighted by atomic mass is 35.5. The van der Waals surface area contributed by atoms with E-state index in [1.807, 2.05) is 19.9 Å². The van der Waals surface area contributed by atoms with Crippen LogP contribution >= 0.6 is 11.6 Å². The van der Waals surface area contributed by atoms with Gasteiger partial charge in [0.1, 0.15) is 0 Å². The molecule has 2 amide bonds. The fraction of sp³-hybridized carbons (Fsp3) is 0.600. The van der Waals surface area contributed by atoms with Crippen molar-refractivity contribution < 1.29 is 14.3 Å². The number of nitrogens with one attached hydrogen (secondary N) is 2. The zero-order valence-electron chi connectivity index (χ0n) is 16.2. The Morgan fingerprint density at radius 2 is 2.04 bits per heavy atom. The molecule has 7 heteroatoms. The van der Waals surface area contributed by atoms with E-state index >= 15 is 0 Å². The summed E-state index contributed by atoms with van der Waals surface area (Å²) in [4.78, 5) is 27.3. The lowest BCUT2D eigenvalue weighted by Crippen LogP contribution is -2.50. The Balaban J connectivity index is 1.72. The van der Waals surface area contributed by atoms with Crippen LogP contribution in [-0.4, -0.2) is 50.7 Å². The molecule has 2 fully saturated rings. The van der Waals surface area contributed by atoms with E-state index in [1.165, 1.54) is 0 Å². The number of piperidine rings is 1. The summed E-state index contributed by atoms with van der Waals surface area (Å²) in [6.45, 7) is 9.23. The smallest absolute Gasteiger partial charge is 0.251 e. The molecule has 0 saturated carbocycles. The number of carbonyl (C=O) groups is 2. The van der Waals surface area contributed by atoms with E-state index in [0.29, 0.717) is 30.3 Å². The van der Waals surface area contributed by atoms with Gasteiger partial charge in [0.05, 0.1) is 19.1 Å². The van der Waals surface area contributed by atoms with Gasteiger partial charge in [0.15, 0.2) is 0 Å². The van der Waals surface area contributed by atoms with Crippen molar-refractivity contribution in [2.45, 2.75) is 33.2 Å². The molecule has 2 heterocycles. The van der Waals surface area contributed by atoms with Gasteiger partial charge >= 0.3 is 0 Å². The highest BCUT2D eigenvalue weighted by molar-refractivity contribution is 6.31. The monoisotopic (exact) mass is 393 g/mol. The van der Waals surface area contributed by atoms with E-state index in [2.05, 4.69) is 22.5 Å². The molecule has 0 aliphatic carbocycles. The summed E-state index contributed by atoms with van der Waals surface area (Å²) in [5.41, 5.74) is 2.42. The first-order valence-electron chi connectivity index (χ1n) is 9.58. The second kappa shape index (κ2) is 8.48. The van der Waals surface area contributed by atoms with Crippen molar-refractivity contribution in [1.82, 2.24) is 10.6 Å². The van der Waals surface area contributed by atoms with Crippen molar-refractivity contribution in [1.29, 1.82) is 0 Å². The fourth-order valence-electron chi connectivity index (χ4n) is 4.01. The maximum atomic E-state index is 12.8. The van der Waals surface area contributed by atoms with Crippen molar-refractivity contribution in [2.24, 2.45) is 11.8 Å². The highest BCUT2D eigenvalue weighted by Crippen LogP contribution is 2.29. The van der Waals surface area contributed by atoms with Crippen molar-refractivity contribution >= 4 is 29.1 Å². The molecule has 0 bridgehead atoms. The molecule has 0 radical (unpaired) electrons. The van der Waals surface area contributed by atoms with Crippen LogP contribution in [0.25, 0.3) is 0 Å². The van der Waals surface area contributed by atoms with Crippen LogP contribution in [0.1, 0.15) is 36.2 Å². The summed E-state index contributed by atoms with van der Waals surface area (Å²) < 4.78 is 5.41. The number of carbonyl (C=O) groups excluding carboxylic acids is 2. The average Bonchev–Trinajstić information content (AvgIpc) is 2.63. The molecule has 27 heavy (non-hydrogen) atoms. The van der Waals surface area contributed by atoms with Crippen molar-refractivity contribution in [3.8, 4) is 0 Å². The van der Waals surface area contributed by atoms with Gasteiger partial charge in [-0.15, -0.1) is 0 Å². The quantitative estimate of drug-likeness (QED) is 0.823. The minimum atomic E-state index is -0.205. The number of amides is 2. The largest absolute Gasteiger partial charge is 0.378 e. The zero-order chi connectivity index (χ0) is 19.6. The maximum Gasteiger partial charge on any atom is 0.251 e. The SMILES string of the molecule is Cc1c(C(=O)NCC2C(=O)NC(C)CC2C)cc(Cl)cc1N1CCOCC1. The van der Waals surface area contributed by atoms with Crippen LogP contribution in [0.4, 0.5) is 5.69 Å². The number of hydrogen-bond acceptors (Lipinski definition) is 4. The topological polar surface area (TPSA) is 70.7 Å². The van der Waals surface area contributed by atoms with Gasteiger partial charge in [0, 0.05) is 41.9 Å². The second-order valence-corrected chi connectivity index (χ2v) is 8.07. The lowest BCUT2D eigenvalue weighted by Gasteiger charge is -2.33. The van der Waals surface area contributed by atoms with Crippen molar-refractivity contribution in [3.63, 3.8) is 0 Å². The van der Waals surface area contributed by atoms with Gasteiger partial charge in [-0.2, -0.15) is 0 Å². The number of anilines is 1. The number of hydrogen-bond donors (Lipinski definition) is 2. The summed E-state index contributed by atoms with van der Waals surface area (Å²) in [5.74, 6) is -0.150. The summed E-state index contributed by atoms with van der Waals surface area (Å²) in [7, 11) is 0. The first-order valence-corrected chi connectivity index (χ1v) is 9.96. The molecule has 148 valence electrons. The Bertz CT molecular complexity index is 719. The third-order valence-electron chi connectivity index (χ3n) is 5.56. The van der Waals surface area contributed by atoms with E-state index in [-0.39, 0.29) is 29.7 Å². The number of benzene rings is 1. The first kappa shape index (κ1) is 20.0. The Kier molecular flexibility index (Phi) is 6.27. The first-order chi connectivity index (χ1) is 12.9. The molecular formula is C20H28ClN3O3. The second-order valence-electron chi connectivity index (χ2n) is 7.64. The van der Waals surface area contributed by atoms with Gasteiger partial charge in [0.25, 0.3) is 5.91 Å². The number of halogens is 1. The number of rotatable bonds is 4. The third kappa shape index (κ3) is 4.55. The minimum Gasteiger partial charge on any atom is -0.378 e. The van der Waals surface area contributed by atoms with Crippen LogP contribution in [0.3, 0.4) is 0 Å². The molecule has 3 rings (SSSR count). The van der Waals surface area contributed by atoms with Gasteiger partial charge < -0.3 is 20.3 Å². The van der Waals surface area contributed by atoms with Crippen LogP contribution in [0.15, 0.2) is 12.1 Å². The molecule has 2 saturated heterocycles. The highest BCUT2D eigenvalue weighted by Gasteiger charge is 2.32. The van der Waals surface area contributed by atoms with E-state index in [9.17, 15) is 9.59 Å². The van der Waals surface area contributed by atoms with Crippen LogP contribution in [0, 0.1) is 18.8 Å². The predicted octanol–water partition coefficient (Wildman–Crippen LogP) is 2.38. The Hall–Kier alpha value is -1.79. The Morgan fingerprint density at radius 3 is 2.70 bits per heavy atom. The normalized spacial score (nSPS) is 25.9. The van der Waals surface area contributed by atoms with Crippen LogP contribution in [-0.2, 0) is 9.53 Å². The van der Waals surface area contributed by atoms with Gasteiger partial charge in [-0.1, -0.05) is 18.5 Å². The third-order valence-corrected chi connectivity index (χ3v) is 5.78. The van der Waals surface area contributed by atoms with Crippen LogP contribution in [0.2, 0.25) is 5.02 Å². The molecule has 6 nitrogen and oxygen atoms in total. The van der Waals surface area contributed by atoms with E-state index in [1.54, 1.807) is 6.07 Å². The lowest BCUT2D eigenvalue weighted by molar-refractivity contribution is -0.129. The Morgan fingerprint density at radius 1 is 1.33 bits per heavy atom. The van der Waals surface area contributed by atoms with Gasteiger partial charge in [-0.05, 0) is 43.9 Å².